The molecule has 2 aliphatic rings. The highest BCUT2D eigenvalue weighted by Gasteiger charge is 2.33. The van der Waals surface area contributed by atoms with Gasteiger partial charge in [-0.15, -0.1) is 0 Å². The van der Waals surface area contributed by atoms with E-state index in [0.29, 0.717) is 29.5 Å². The highest BCUT2D eigenvalue weighted by atomic mass is 19.4. The van der Waals surface area contributed by atoms with Gasteiger partial charge in [0.25, 0.3) is 5.91 Å². The second kappa shape index (κ2) is 8.86. The van der Waals surface area contributed by atoms with Crippen LogP contribution >= 0.6 is 0 Å². The van der Waals surface area contributed by atoms with Gasteiger partial charge in [-0.25, -0.2) is 4.98 Å². The first-order valence-corrected chi connectivity index (χ1v) is 10.6. The fourth-order valence-electron chi connectivity index (χ4n) is 3.96. The van der Waals surface area contributed by atoms with Crippen molar-refractivity contribution in [2.75, 3.05) is 25.1 Å². The fraction of sp³-hybridized carbons (Fsp3) is 0.478. The van der Waals surface area contributed by atoms with Crippen LogP contribution in [0.25, 0.3) is 0 Å². The largest absolute Gasteiger partial charge is 0.416 e. The third-order valence-corrected chi connectivity index (χ3v) is 5.99. The zero-order chi connectivity index (χ0) is 22.0. The maximum absolute atomic E-state index is 13.2. The molecule has 0 bridgehead atoms. The van der Waals surface area contributed by atoms with E-state index in [-0.39, 0.29) is 17.4 Å². The summed E-state index contributed by atoms with van der Waals surface area (Å²) in [5.74, 6) is 0.989. The lowest BCUT2D eigenvalue weighted by Gasteiger charge is -2.22. The zero-order valence-corrected chi connectivity index (χ0v) is 17.4. The van der Waals surface area contributed by atoms with Crippen molar-refractivity contribution in [2.24, 2.45) is 5.92 Å². The predicted octanol–water partition coefficient (Wildman–Crippen LogP) is 5.19. The standard InChI is InChI=1S/C23H26F3N3O2/c1-14-19(23(24,25)26)3-2-4-20(14)29-21-11-17(16-5-6-16)18(13-27-21)22(30)28-12-15-7-9-31-10-8-15/h2-4,11,13,15-16H,5-10,12H2,1H3,(H,27,29)(H,28,30). The van der Waals surface area contributed by atoms with Crippen LogP contribution in [0.15, 0.2) is 30.5 Å². The van der Waals surface area contributed by atoms with Crippen LogP contribution in [0.4, 0.5) is 24.7 Å². The van der Waals surface area contributed by atoms with Gasteiger partial charge >= 0.3 is 6.18 Å². The smallest absolute Gasteiger partial charge is 0.381 e. The van der Waals surface area contributed by atoms with Gasteiger partial charge in [0.15, 0.2) is 0 Å². The van der Waals surface area contributed by atoms with Crippen LogP contribution in [0.3, 0.4) is 0 Å². The Labute approximate surface area is 179 Å². The van der Waals surface area contributed by atoms with E-state index in [9.17, 15) is 18.0 Å². The van der Waals surface area contributed by atoms with Gasteiger partial charge in [0.1, 0.15) is 5.82 Å². The number of rotatable bonds is 6. The summed E-state index contributed by atoms with van der Waals surface area (Å²) in [6.07, 6.45) is 0.970. The van der Waals surface area contributed by atoms with Crippen molar-refractivity contribution in [3.63, 3.8) is 0 Å². The number of hydrogen-bond donors (Lipinski definition) is 2. The number of nitrogens with one attached hydrogen (secondary N) is 2. The molecule has 0 radical (unpaired) electrons. The molecule has 1 aliphatic carbocycles. The number of amides is 1. The average Bonchev–Trinajstić information content (AvgIpc) is 3.59. The number of aromatic nitrogens is 1. The van der Waals surface area contributed by atoms with E-state index in [1.807, 2.05) is 0 Å². The van der Waals surface area contributed by atoms with Crippen molar-refractivity contribution >= 4 is 17.4 Å². The van der Waals surface area contributed by atoms with E-state index in [1.165, 1.54) is 19.2 Å². The Kier molecular flexibility index (Phi) is 6.18. The molecule has 5 nitrogen and oxygen atoms in total. The van der Waals surface area contributed by atoms with Crippen LogP contribution in [0.1, 0.15) is 58.6 Å². The van der Waals surface area contributed by atoms with Crippen molar-refractivity contribution in [2.45, 2.75) is 44.7 Å². The van der Waals surface area contributed by atoms with Gasteiger partial charge in [-0.3, -0.25) is 4.79 Å². The molecular weight excluding hydrogens is 407 g/mol. The van der Waals surface area contributed by atoms with E-state index in [4.69, 9.17) is 4.74 Å². The predicted molar refractivity (Wildman–Crippen MR) is 112 cm³/mol. The van der Waals surface area contributed by atoms with Gasteiger partial charge in [0, 0.05) is 31.6 Å². The lowest BCUT2D eigenvalue weighted by Crippen LogP contribution is -2.32. The number of halogens is 3. The summed E-state index contributed by atoms with van der Waals surface area (Å²) in [5.41, 5.74) is 1.22. The Balaban J connectivity index is 1.51. The van der Waals surface area contributed by atoms with Crippen molar-refractivity contribution in [1.29, 1.82) is 0 Å². The summed E-state index contributed by atoms with van der Waals surface area (Å²) >= 11 is 0. The SMILES string of the molecule is Cc1c(Nc2cc(C3CC3)c(C(=O)NCC3CCOCC3)cn2)cccc1C(F)(F)F. The third kappa shape index (κ3) is 5.18. The van der Waals surface area contributed by atoms with Crippen LogP contribution in [0.2, 0.25) is 0 Å². The summed E-state index contributed by atoms with van der Waals surface area (Å²) in [4.78, 5) is 17.1. The molecule has 2 heterocycles. The Morgan fingerprint density at radius 1 is 1.19 bits per heavy atom. The molecule has 1 aliphatic heterocycles. The maximum Gasteiger partial charge on any atom is 0.416 e. The molecule has 1 aromatic carbocycles. The summed E-state index contributed by atoms with van der Waals surface area (Å²) in [7, 11) is 0. The Bertz CT molecular complexity index is 952. The minimum absolute atomic E-state index is 0.114. The van der Waals surface area contributed by atoms with Crippen molar-refractivity contribution in [3.05, 3.63) is 52.7 Å². The van der Waals surface area contributed by atoms with Crippen molar-refractivity contribution < 1.29 is 22.7 Å². The maximum atomic E-state index is 13.2. The van der Waals surface area contributed by atoms with Crippen molar-refractivity contribution in [3.8, 4) is 0 Å². The van der Waals surface area contributed by atoms with E-state index in [0.717, 1.165) is 50.5 Å². The number of hydrogen-bond acceptors (Lipinski definition) is 4. The fourth-order valence-corrected chi connectivity index (χ4v) is 3.96. The van der Waals surface area contributed by atoms with Crippen LogP contribution in [-0.4, -0.2) is 30.6 Å². The van der Waals surface area contributed by atoms with Gasteiger partial charge in [0.05, 0.1) is 11.1 Å². The van der Waals surface area contributed by atoms with E-state index in [1.54, 1.807) is 12.1 Å². The number of benzene rings is 1. The van der Waals surface area contributed by atoms with Crippen molar-refractivity contribution in [1.82, 2.24) is 10.3 Å². The lowest BCUT2D eigenvalue weighted by molar-refractivity contribution is -0.138. The number of anilines is 2. The molecule has 2 N–H and O–H groups in total. The minimum Gasteiger partial charge on any atom is -0.381 e. The van der Waals surface area contributed by atoms with Gasteiger partial charge < -0.3 is 15.4 Å². The molecule has 1 amide bonds. The first-order valence-electron chi connectivity index (χ1n) is 10.6. The summed E-state index contributed by atoms with van der Waals surface area (Å²) in [6, 6.07) is 5.83. The van der Waals surface area contributed by atoms with Gasteiger partial charge in [-0.05, 0) is 73.8 Å². The lowest BCUT2D eigenvalue weighted by atomic mass is 10.00. The number of pyridine rings is 1. The molecule has 166 valence electrons. The Morgan fingerprint density at radius 2 is 1.94 bits per heavy atom. The summed E-state index contributed by atoms with van der Waals surface area (Å²) in [5, 5.41) is 6.02. The van der Waals surface area contributed by atoms with Crippen LogP contribution in [-0.2, 0) is 10.9 Å². The monoisotopic (exact) mass is 433 g/mol. The zero-order valence-electron chi connectivity index (χ0n) is 17.4. The van der Waals surface area contributed by atoms with Crippen LogP contribution in [0, 0.1) is 12.8 Å². The molecule has 31 heavy (non-hydrogen) atoms. The second-order valence-electron chi connectivity index (χ2n) is 8.30. The van der Waals surface area contributed by atoms with Crippen LogP contribution < -0.4 is 10.6 Å². The van der Waals surface area contributed by atoms with Crippen LogP contribution in [0.5, 0.6) is 0 Å². The first-order chi connectivity index (χ1) is 14.8. The quantitative estimate of drug-likeness (QED) is 0.659. The number of alkyl halides is 3. The molecule has 2 fully saturated rings. The summed E-state index contributed by atoms with van der Waals surface area (Å²) in [6.45, 7) is 3.50. The number of ether oxygens (including phenoxy) is 1. The van der Waals surface area contributed by atoms with Gasteiger partial charge in [-0.1, -0.05) is 6.07 Å². The molecule has 0 unspecified atom stereocenters. The minimum atomic E-state index is -4.42. The van der Waals surface area contributed by atoms with E-state index >= 15 is 0 Å². The molecule has 1 saturated carbocycles. The van der Waals surface area contributed by atoms with E-state index in [2.05, 4.69) is 15.6 Å². The molecule has 1 saturated heterocycles. The normalized spacial score (nSPS) is 17.4. The number of carbonyl (C=O) groups is 1. The Morgan fingerprint density at radius 3 is 2.61 bits per heavy atom. The first kappa shape index (κ1) is 21.6. The Hall–Kier alpha value is -2.61. The molecule has 0 atom stereocenters. The molecule has 2 aromatic rings. The summed E-state index contributed by atoms with van der Waals surface area (Å²) < 4.78 is 45.0. The highest BCUT2D eigenvalue weighted by molar-refractivity contribution is 5.96. The highest BCUT2D eigenvalue weighted by Crippen LogP contribution is 2.42. The second-order valence-corrected chi connectivity index (χ2v) is 8.30. The molecule has 0 spiro atoms. The molecular formula is C23H26F3N3O2. The molecule has 8 heteroatoms. The average molecular weight is 433 g/mol. The number of carbonyl (C=O) groups excluding carboxylic acids is 1. The van der Waals surface area contributed by atoms with Gasteiger partial charge in [0.2, 0.25) is 0 Å². The third-order valence-electron chi connectivity index (χ3n) is 5.99. The molecule has 4 rings (SSSR count). The topological polar surface area (TPSA) is 63.2 Å². The van der Waals surface area contributed by atoms with Gasteiger partial charge in [-0.2, -0.15) is 13.2 Å². The number of nitrogens with zero attached hydrogens (tertiary/aromatic N) is 1. The molecule has 1 aromatic heterocycles. The van der Waals surface area contributed by atoms with E-state index < -0.39 is 11.7 Å².